The summed E-state index contributed by atoms with van der Waals surface area (Å²) >= 11 is 0. The zero-order chi connectivity index (χ0) is 11.7. The molecule has 0 fully saturated rings. The highest BCUT2D eigenvalue weighted by Crippen LogP contribution is 2.29. The Labute approximate surface area is 98.3 Å². The fourth-order valence-corrected chi connectivity index (χ4v) is 2.15. The molecule has 0 heterocycles. The van der Waals surface area contributed by atoms with Crippen LogP contribution in [0.5, 0.6) is 0 Å². The van der Waals surface area contributed by atoms with Crippen LogP contribution in [0.1, 0.15) is 50.7 Å². The summed E-state index contributed by atoms with van der Waals surface area (Å²) < 4.78 is 0. The van der Waals surface area contributed by atoms with E-state index in [1.807, 2.05) is 0 Å². The molecule has 0 aliphatic rings. The number of benzene rings is 2. The normalized spacial score (nSPS) is 11.6. The van der Waals surface area contributed by atoms with Gasteiger partial charge >= 0.3 is 0 Å². The Bertz CT molecular complexity index is 446. The van der Waals surface area contributed by atoms with Crippen molar-refractivity contribution in [2.45, 2.75) is 39.5 Å². The van der Waals surface area contributed by atoms with Crippen LogP contribution in [0.15, 0.2) is 30.3 Å². The molecular formula is C16H19. The van der Waals surface area contributed by atoms with Crippen molar-refractivity contribution in [2.24, 2.45) is 0 Å². The minimum absolute atomic E-state index is 0.544. The van der Waals surface area contributed by atoms with E-state index in [-0.39, 0.29) is 0 Å². The minimum atomic E-state index is 0.544. The van der Waals surface area contributed by atoms with E-state index in [9.17, 15) is 0 Å². The monoisotopic (exact) mass is 211 g/mol. The summed E-state index contributed by atoms with van der Waals surface area (Å²) in [6.07, 6.45) is 0. The summed E-state index contributed by atoms with van der Waals surface area (Å²) in [4.78, 5) is 0. The summed E-state index contributed by atoms with van der Waals surface area (Å²) in [6, 6.07) is 14.4. The highest BCUT2D eigenvalue weighted by molar-refractivity contribution is 5.83. The van der Waals surface area contributed by atoms with E-state index in [0.29, 0.717) is 11.8 Å². The molecule has 16 heavy (non-hydrogen) atoms. The van der Waals surface area contributed by atoms with Crippen LogP contribution in [0.2, 0.25) is 0 Å². The largest absolute Gasteiger partial charge is 0.0616 e. The number of fused-ring (bicyclic) bond motifs is 1. The van der Waals surface area contributed by atoms with Gasteiger partial charge in [0.05, 0.1) is 0 Å². The van der Waals surface area contributed by atoms with Crippen LogP contribution >= 0.6 is 0 Å². The predicted molar refractivity (Wildman–Crippen MR) is 71.0 cm³/mol. The Balaban J connectivity index is 2.71. The van der Waals surface area contributed by atoms with Gasteiger partial charge in [-0.3, -0.25) is 0 Å². The van der Waals surface area contributed by atoms with Crippen LogP contribution in [0.25, 0.3) is 10.8 Å². The first-order chi connectivity index (χ1) is 7.59. The van der Waals surface area contributed by atoms with Gasteiger partial charge in [0.1, 0.15) is 0 Å². The third kappa shape index (κ3) is 1.97. The lowest BCUT2D eigenvalue weighted by Gasteiger charge is -2.16. The van der Waals surface area contributed by atoms with Gasteiger partial charge in [0, 0.05) is 0 Å². The Morgan fingerprint density at radius 1 is 0.938 bits per heavy atom. The van der Waals surface area contributed by atoms with Crippen LogP contribution < -0.4 is 0 Å². The Kier molecular flexibility index (Phi) is 3.00. The van der Waals surface area contributed by atoms with Crippen molar-refractivity contribution in [3.05, 3.63) is 47.5 Å². The van der Waals surface area contributed by atoms with Gasteiger partial charge < -0.3 is 0 Å². The van der Waals surface area contributed by atoms with Gasteiger partial charge in [0.25, 0.3) is 0 Å². The first-order valence-electron chi connectivity index (χ1n) is 6.04. The molecule has 0 saturated carbocycles. The minimum Gasteiger partial charge on any atom is -0.0616 e. The molecular weight excluding hydrogens is 192 g/mol. The van der Waals surface area contributed by atoms with E-state index in [4.69, 9.17) is 0 Å². The fourth-order valence-electron chi connectivity index (χ4n) is 2.15. The molecule has 2 aromatic carbocycles. The van der Waals surface area contributed by atoms with Crippen molar-refractivity contribution in [3.8, 4) is 0 Å². The van der Waals surface area contributed by atoms with Crippen molar-refractivity contribution in [2.75, 3.05) is 0 Å². The zero-order valence-corrected chi connectivity index (χ0v) is 10.5. The maximum absolute atomic E-state index is 3.58. The molecule has 0 amide bonds. The van der Waals surface area contributed by atoms with Crippen LogP contribution in [0, 0.1) is 6.07 Å². The summed E-state index contributed by atoms with van der Waals surface area (Å²) in [6.45, 7) is 8.99. The lowest BCUT2D eigenvalue weighted by Crippen LogP contribution is -1.99. The predicted octanol–water partition coefficient (Wildman–Crippen LogP) is 4.89. The van der Waals surface area contributed by atoms with Gasteiger partial charge in [0.15, 0.2) is 0 Å². The first-order valence-corrected chi connectivity index (χ1v) is 6.04. The lowest BCUT2D eigenvalue weighted by atomic mass is 9.88. The molecule has 1 radical (unpaired) electrons. The number of hydrogen-bond acceptors (Lipinski definition) is 0. The molecule has 0 unspecified atom stereocenters. The third-order valence-corrected chi connectivity index (χ3v) is 3.05. The molecule has 0 bridgehead atoms. The topological polar surface area (TPSA) is 0 Å². The van der Waals surface area contributed by atoms with E-state index in [1.165, 1.54) is 21.9 Å². The zero-order valence-electron chi connectivity index (χ0n) is 10.5. The second kappa shape index (κ2) is 4.29. The summed E-state index contributed by atoms with van der Waals surface area (Å²) in [7, 11) is 0. The average Bonchev–Trinajstić information content (AvgIpc) is 2.27. The molecule has 83 valence electrons. The van der Waals surface area contributed by atoms with Crippen molar-refractivity contribution in [3.63, 3.8) is 0 Å². The second-order valence-electron chi connectivity index (χ2n) is 5.04. The van der Waals surface area contributed by atoms with Gasteiger partial charge in [-0.15, -0.1) is 0 Å². The number of rotatable bonds is 2. The van der Waals surface area contributed by atoms with Gasteiger partial charge in [-0.25, -0.2) is 0 Å². The van der Waals surface area contributed by atoms with E-state index in [1.54, 1.807) is 0 Å². The Morgan fingerprint density at radius 2 is 1.62 bits per heavy atom. The molecule has 0 aromatic heterocycles. The quantitative estimate of drug-likeness (QED) is 0.663. The molecule has 0 aliphatic carbocycles. The molecule has 0 atom stereocenters. The fraction of sp³-hybridized carbons (Fsp3) is 0.375. The summed E-state index contributed by atoms with van der Waals surface area (Å²) in [5.74, 6) is 1.11. The van der Waals surface area contributed by atoms with Crippen molar-refractivity contribution in [1.82, 2.24) is 0 Å². The highest BCUT2D eigenvalue weighted by atomic mass is 14.2. The smallest absolute Gasteiger partial charge is 0.00586 e. The van der Waals surface area contributed by atoms with Gasteiger partial charge in [-0.1, -0.05) is 58.0 Å². The molecule has 2 rings (SSSR count). The molecule has 0 N–H and O–H groups in total. The standard InChI is InChI=1S/C16H19/c1-11(2)15-9-13-7-5-6-8-14(13)10-16(15)12(3)4/h5-9,11-12H,1-4H3. The van der Waals surface area contributed by atoms with E-state index < -0.39 is 0 Å². The molecule has 0 spiro atoms. The third-order valence-electron chi connectivity index (χ3n) is 3.05. The van der Waals surface area contributed by atoms with Gasteiger partial charge in [-0.2, -0.15) is 0 Å². The molecule has 0 saturated heterocycles. The average molecular weight is 211 g/mol. The lowest BCUT2D eigenvalue weighted by molar-refractivity contribution is 0.791. The van der Waals surface area contributed by atoms with Crippen molar-refractivity contribution < 1.29 is 0 Å². The summed E-state index contributed by atoms with van der Waals surface area (Å²) in [5, 5.41) is 2.53. The summed E-state index contributed by atoms with van der Waals surface area (Å²) in [5.41, 5.74) is 2.81. The first kappa shape index (κ1) is 11.2. The van der Waals surface area contributed by atoms with E-state index in [0.717, 1.165) is 0 Å². The number of hydrogen-bond donors (Lipinski definition) is 0. The van der Waals surface area contributed by atoms with Crippen molar-refractivity contribution >= 4 is 10.8 Å². The van der Waals surface area contributed by atoms with Crippen LogP contribution in [-0.2, 0) is 0 Å². The molecule has 0 nitrogen and oxygen atoms in total. The highest BCUT2D eigenvalue weighted by Gasteiger charge is 2.11. The molecule has 0 heteroatoms. The van der Waals surface area contributed by atoms with Crippen LogP contribution in [-0.4, -0.2) is 0 Å². The van der Waals surface area contributed by atoms with Crippen molar-refractivity contribution in [1.29, 1.82) is 0 Å². The van der Waals surface area contributed by atoms with Gasteiger partial charge in [0.2, 0.25) is 0 Å². The van der Waals surface area contributed by atoms with Crippen LogP contribution in [0.3, 0.4) is 0 Å². The molecule has 0 aliphatic heterocycles. The second-order valence-corrected chi connectivity index (χ2v) is 5.04. The Hall–Kier alpha value is -1.30. The van der Waals surface area contributed by atoms with Gasteiger partial charge in [-0.05, 0) is 39.8 Å². The van der Waals surface area contributed by atoms with Crippen LogP contribution in [0.4, 0.5) is 0 Å². The van der Waals surface area contributed by atoms with E-state index >= 15 is 0 Å². The Morgan fingerprint density at radius 3 is 2.25 bits per heavy atom. The van der Waals surface area contributed by atoms with E-state index in [2.05, 4.69) is 64.1 Å². The molecule has 2 aromatic rings. The SMILES string of the molecule is CC(C)c1[c]c2ccccc2cc1C(C)C. The maximum atomic E-state index is 3.58. The maximum Gasteiger partial charge on any atom is -0.00586 e.